The van der Waals surface area contributed by atoms with Crippen molar-refractivity contribution in [2.75, 3.05) is 0 Å². The van der Waals surface area contributed by atoms with E-state index in [1.807, 2.05) is 24.3 Å². The molecule has 0 aliphatic heterocycles. The van der Waals surface area contributed by atoms with E-state index in [9.17, 15) is 0 Å². The Morgan fingerprint density at radius 3 is 2.67 bits per heavy atom. The van der Waals surface area contributed by atoms with Crippen LogP contribution in [0.2, 0.25) is 0 Å². The lowest BCUT2D eigenvalue weighted by Crippen LogP contribution is -2.28. The standard InChI is InChI=1S/C10H13BrN2O2/c1-7(10(12)13-14)15-6-8-2-4-9(11)5-3-8/h2-5,7,14H,6H2,1H3,(H2,12,13). The Kier molecular flexibility index (Phi) is 4.58. The van der Waals surface area contributed by atoms with E-state index in [0.29, 0.717) is 6.61 Å². The first-order chi connectivity index (χ1) is 7.13. The molecule has 0 radical (unpaired) electrons. The maximum Gasteiger partial charge on any atom is 0.168 e. The lowest BCUT2D eigenvalue weighted by Gasteiger charge is -2.11. The van der Waals surface area contributed by atoms with E-state index in [2.05, 4.69) is 21.1 Å². The topological polar surface area (TPSA) is 67.8 Å². The highest BCUT2D eigenvalue weighted by Gasteiger charge is 2.07. The molecule has 82 valence electrons. The first kappa shape index (κ1) is 12.0. The Bertz CT molecular complexity index is 338. The van der Waals surface area contributed by atoms with E-state index >= 15 is 0 Å². The summed E-state index contributed by atoms with van der Waals surface area (Å²) in [5.41, 5.74) is 6.41. The third-order valence-electron chi connectivity index (χ3n) is 1.95. The average Bonchev–Trinajstić information content (AvgIpc) is 2.26. The van der Waals surface area contributed by atoms with Gasteiger partial charge in [-0.15, -0.1) is 0 Å². The Morgan fingerprint density at radius 2 is 2.13 bits per heavy atom. The molecule has 0 aliphatic rings. The quantitative estimate of drug-likeness (QED) is 0.382. The molecule has 0 heterocycles. The van der Waals surface area contributed by atoms with Gasteiger partial charge in [0.15, 0.2) is 5.84 Å². The highest BCUT2D eigenvalue weighted by molar-refractivity contribution is 9.10. The van der Waals surface area contributed by atoms with Crippen molar-refractivity contribution in [3.05, 3.63) is 34.3 Å². The minimum Gasteiger partial charge on any atom is -0.409 e. The molecule has 0 fully saturated rings. The smallest absolute Gasteiger partial charge is 0.168 e. The zero-order chi connectivity index (χ0) is 11.3. The SMILES string of the molecule is CC(OCc1ccc(Br)cc1)/C(N)=N/O. The van der Waals surface area contributed by atoms with Crippen molar-refractivity contribution >= 4 is 21.8 Å². The molecular weight excluding hydrogens is 260 g/mol. The summed E-state index contributed by atoms with van der Waals surface area (Å²) in [6, 6.07) is 7.77. The molecule has 3 N–H and O–H groups in total. The van der Waals surface area contributed by atoms with E-state index in [4.69, 9.17) is 15.7 Å². The Labute approximate surface area is 96.9 Å². The molecule has 0 aromatic heterocycles. The minimum absolute atomic E-state index is 0.0760. The van der Waals surface area contributed by atoms with Crippen LogP contribution in [-0.2, 0) is 11.3 Å². The van der Waals surface area contributed by atoms with Crippen molar-refractivity contribution in [1.82, 2.24) is 0 Å². The second-order valence-corrected chi connectivity index (χ2v) is 4.02. The van der Waals surface area contributed by atoms with Crippen molar-refractivity contribution in [2.45, 2.75) is 19.6 Å². The molecule has 1 unspecified atom stereocenters. The second kappa shape index (κ2) is 5.72. The summed E-state index contributed by atoms with van der Waals surface area (Å²) in [6.07, 6.45) is -0.390. The number of hydrogen-bond acceptors (Lipinski definition) is 3. The highest BCUT2D eigenvalue weighted by Crippen LogP contribution is 2.11. The fourth-order valence-corrected chi connectivity index (χ4v) is 1.23. The fourth-order valence-electron chi connectivity index (χ4n) is 0.969. The van der Waals surface area contributed by atoms with Gasteiger partial charge in [-0.05, 0) is 24.6 Å². The molecule has 1 aromatic carbocycles. The molecule has 15 heavy (non-hydrogen) atoms. The van der Waals surface area contributed by atoms with Crippen molar-refractivity contribution in [3.8, 4) is 0 Å². The summed E-state index contributed by atoms with van der Waals surface area (Å²) in [6.45, 7) is 2.17. The first-order valence-corrected chi connectivity index (χ1v) is 5.26. The van der Waals surface area contributed by atoms with Gasteiger partial charge < -0.3 is 15.7 Å². The van der Waals surface area contributed by atoms with Crippen molar-refractivity contribution in [3.63, 3.8) is 0 Å². The van der Waals surface area contributed by atoms with Crippen LogP contribution in [0.5, 0.6) is 0 Å². The van der Waals surface area contributed by atoms with E-state index in [1.54, 1.807) is 6.92 Å². The van der Waals surface area contributed by atoms with Crippen LogP contribution in [0, 0.1) is 0 Å². The maximum absolute atomic E-state index is 8.42. The number of nitrogens with zero attached hydrogens (tertiary/aromatic N) is 1. The molecule has 0 amide bonds. The lowest BCUT2D eigenvalue weighted by molar-refractivity contribution is 0.0927. The number of amidine groups is 1. The monoisotopic (exact) mass is 272 g/mol. The van der Waals surface area contributed by atoms with Crippen LogP contribution < -0.4 is 5.73 Å². The van der Waals surface area contributed by atoms with Crippen LogP contribution in [0.3, 0.4) is 0 Å². The van der Waals surface area contributed by atoms with Gasteiger partial charge in [0.05, 0.1) is 6.61 Å². The molecule has 4 nitrogen and oxygen atoms in total. The van der Waals surface area contributed by atoms with Crippen LogP contribution in [0.15, 0.2) is 33.9 Å². The van der Waals surface area contributed by atoms with Gasteiger partial charge in [-0.2, -0.15) is 0 Å². The molecule has 0 bridgehead atoms. The summed E-state index contributed by atoms with van der Waals surface area (Å²) in [5.74, 6) is 0.0760. The van der Waals surface area contributed by atoms with E-state index in [1.165, 1.54) is 0 Å². The van der Waals surface area contributed by atoms with Crippen LogP contribution in [0.25, 0.3) is 0 Å². The summed E-state index contributed by atoms with van der Waals surface area (Å²) in [7, 11) is 0. The van der Waals surface area contributed by atoms with Gasteiger partial charge in [-0.25, -0.2) is 0 Å². The molecule has 0 aliphatic carbocycles. The number of ether oxygens (including phenoxy) is 1. The first-order valence-electron chi connectivity index (χ1n) is 4.47. The minimum atomic E-state index is -0.390. The summed E-state index contributed by atoms with van der Waals surface area (Å²) >= 11 is 3.35. The lowest BCUT2D eigenvalue weighted by atomic mass is 10.2. The number of hydrogen-bond donors (Lipinski definition) is 2. The molecule has 0 saturated heterocycles. The summed E-state index contributed by atoms with van der Waals surface area (Å²) in [5, 5.41) is 11.3. The van der Waals surface area contributed by atoms with Gasteiger partial charge in [0, 0.05) is 4.47 Å². The average molecular weight is 273 g/mol. The molecule has 1 aromatic rings. The predicted molar refractivity (Wildman–Crippen MR) is 61.8 cm³/mol. The molecule has 5 heteroatoms. The Balaban J connectivity index is 2.47. The fraction of sp³-hybridized carbons (Fsp3) is 0.300. The Morgan fingerprint density at radius 1 is 1.53 bits per heavy atom. The normalized spacial score (nSPS) is 13.9. The third kappa shape index (κ3) is 3.89. The van der Waals surface area contributed by atoms with Gasteiger partial charge in [0.2, 0.25) is 0 Å². The van der Waals surface area contributed by atoms with Gasteiger partial charge in [0.25, 0.3) is 0 Å². The number of halogens is 1. The van der Waals surface area contributed by atoms with E-state index in [-0.39, 0.29) is 5.84 Å². The van der Waals surface area contributed by atoms with Crippen LogP contribution in [0.4, 0.5) is 0 Å². The Hall–Kier alpha value is -1.07. The van der Waals surface area contributed by atoms with E-state index < -0.39 is 6.10 Å². The van der Waals surface area contributed by atoms with Gasteiger partial charge >= 0.3 is 0 Å². The van der Waals surface area contributed by atoms with E-state index in [0.717, 1.165) is 10.0 Å². The van der Waals surface area contributed by atoms with Crippen LogP contribution >= 0.6 is 15.9 Å². The summed E-state index contributed by atoms with van der Waals surface area (Å²) < 4.78 is 6.41. The van der Waals surface area contributed by atoms with Gasteiger partial charge in [-0.3, -0.25) is 0 Å². The number of oxime groups is 1. The number of benzene rings is 1. The predicted octanol–water partition coefficient (Wildman–Crippen LogP) is 2.10. The molecule has 0 spiro atoms. The van der Waals surface area contributed by atoms with Crippen LogP contribution in [-0.4, -0.2) is 17.1 Å². The maximum atomic E-state index is 8.42. The molecule has 0 saturated carbocycles. The number of rotatable bonds is 4. The molecule has 1 atom stereocenters. The number of nitrogens with two attached hydrogens (primary N) is 1. The van der Waals surface area contributed by atoms with Crippen LogP contribution in [0.1, 0.15) is 12.5 Å². The molecular formula is C10H13BrN2O2. The van der Waals surface area contributed by atoms with Crippen molar-refractivity contribution < 1.29 is 9.94 Å². The van der Waals surface area contributed by atoms with Crippen molar-refractivity contribution in [1.29, 1.82) is 0 Å². The van der Waals surface area contributed by atoms with Gasteiger partial charge in [-0.1, -0.05) is 33.2 Å². The highest BCUT2D eigenvalue weighted by atomic mass is 79.9. The van der Waals surface area contributed by atoms with Crippen molar-refractivity contribution in [2.24, 2.45) is 10.9 Å². The second-order valence-electron chi connectivity index (χ2n) is 3.10. The zero-order valence-corrected chi connectivity index (χ0v) is 9.94. The molecule has 1 rings (SSSR count). The zero-order valence-electron chi connectivity index (χ0n) is 8.35. The van der Waals surface area contributed by atoms with Gasteiger partial charge in [0.1, 0.15) is 6.10 Å². The largest absolute Gasteiger partial charge is 0.409 e. The third-order valence-corrected chi connectivity index (χ3v) is 2.47. The summed E-state index contributed by atoms with van der Waals surface area (Å²) in [4.78, 5) is 0.